The van der Waals surface area contributed by atoms with Gasteiger partial charge in [0.25, 0.3) is 11.5 Å². The van der Waals surface area contributed by atoms with E-state index < -0.39 is 0 Å². The molecule has 0 saturated heterocycles. The fraction of sp³-hybridized carbons (Fsp3) is 0.333. The lowest BCUT2D eigenvalue weighted by atomic mass is 9.76. The van der Waals surface area contributed by atoms with Crippen molar-refractivity contribution in [3.05, 3.63) is 69.3 Å². The van der Waals surface area contributed by atoms with Crippen molar-refractivity contribution in [2.75, 3.05) is 0 Å². The molecule has 5 heteroatoms. The van der Waals surface area contributed by atoms with E-state index >= 15 is 0 Å². The van der Waals surface area contributed by atoms with Gasteiger partial charge in [-0.2, -0.15) is 0 Å². The van der Waals surface area contributed by atoms with Crippen LogP contribution in [0.3, 0.4) is 0 Å². The van der Waals surface area contributed by atoms with Crippen molar-refractivity contribution in [3.63, 3.8) is 0 Å². The molecule has 0 fully saturated rings. The fourth-order valence-electron chi connectivity index (χ4n) is 3.61. The summed E-state index contributed by atoms with van der Waals surface area (Å²) in [6, 6.07) is 11.3. The molecule has 3 aromatic rings. The molecule has 4 rings (SSSR count). The molecule has 1 aromatic carbocycles. The van der Waals surface area contributed by atoms with E-state index in [0.29, 0.717) is 5.76 Å². The molecular formula is C21H22N2O3. The molecule has 1 aliphatic carbocycles. The van der Waals surface area contributed by atoms with Crippen LogP contribution >= 0.6 is 0 Å². The average Bonchev–Trinajstić information content (AvgIpc) is 3.02. The van der Waals surface area contributed by atoms with E-state index in [1.54, 1.807) is 6.07 Å². The van der Waals surface area contributed by atoms with Crippen LogP contribution in [0.5, 0.6) is 0 Å². The summed E-state index contributed by atoms with van der Waals surface area (Å²) < 4.78 is 5.70. The highest BCUT2D eigenvalue weighted by Crippen LogP contribution is 2.33. The smallest absolute Gasteiger partial charge is 0.261 e. The first kappa shape index (κ1) is 16.6. The van der Waals surface area contributed by atoms with Gasteiger partial charge in [-0.3, -0.25) is 9.59 Å². The average molecular weight is 350 g/mol. The minimum Gasteiger partial charge on any atom is -0.459 e. The molecule has 2 heterocycles. The van der Waals surface area contributed by atoms with Crippen LogP contribution in [0.25, 0.3) is 11.0 Å². The molecule has 0 radical (unpaired) electrons. The third kappa shape index (κ3) is 3.17. The molecule has 5 nitrogen and oxygen atoms in total. The number of fused-ring (bicyclic) bond motifs is 2. The van der Waals surface area contributed by atoms with Gasteiger partial charge < -0.3 is 14.7 Å². The summed E-state index contributed by atoms with van der Waals surface area (Å²) in [7, 11) is 0. The van der Waals surface area contributed by atoms with Crippen molar-refractivity contribution in [1.82, 2.24) is 10.3 Å². The van der Waals surface area contributed by atoms with E-state index in [9.17, 15) is 9.59 Å². The number of hydrogen-bond donors (Lipinski definition) is 2. The van der Waals surface area contributed by atoms with E-state index in [1.165, 1.54) is 0 Å². The number of aromatic nitrogens is 1. The van der Waals surface area contributed by atoms with Gasteiger partial charge in [-0.05, 0) is 48.4 Å². The number of H-pyrrole nitrogens is 1. The summed E-state index contributed by atoms with van der Waals surface area (Å²) in [4.78, 5) is 27.7. The Hall–Kier alpha value is -2.82. The number of pyridine rings is 1. The maximum atomic E-state index is 12.5. The lowest BCUT2D eigenvalue weighted by molar-refractivity contribution is 0.0946. The third-order valence-corrected chi connectivity index (χ3v) is 5.08. The zero-order chi connectivity index (χ0) is 18.3. The first-order valence-electron chi connectivity index (χ1n) is 8.92. The van der Waals surface area contributed by atoms with Crippen molar-refractivity contribution in [2.45, 2.75) is 39.7 Å². The van der Waals surface area contributed by atoms with E-state index in [-0.39, 0.29) is 29.0 Å². The number of aryl methyl sites for hydroxylation is 1. The number of nitrogens with one attached hydrogen (secondary N) is 2. The molecular weight excluding hydrogens is 328 g/mol. The Balaban J connectivity index is 1.53. The van der Waals surface area contributed by atoms with Crippen LogP contribution in [0.2, 0.25) is 0 Å². The second kappa shape index (κ2) is 6.16. The van der Waals surface area contributed by atoms with Gasteiger partial charge in [0.1, 0.15) is 16.9 Å². The van der Waals surface area contributed by atoms with Gasteiger partial charge in [-0.15, -0.1) is 0 Å². The largest absolute Gasteiger partial charge is 0.459 e. The van der Waals surface area contributed by atoms with Gasteiger partial charge in [0.15, 0.2) is 0 Å². The lowest BCUT2D eigenvalue weighted by Gasteiger charge is -2.31. The predicted octanol–water partition coefficient (Wildman–Crippen LogP) is 3.57. The Labute approximate surface area is 151 Å². The zero-order valence-electron chi connectivity index (χ0n) is 15.0. The number of benzene rings is 1. The van der Waals surface area contributed by atoms with Crippen LogP contribution in [0.4, 0.5) is 0 Å². The molecule has 0 spiro atoms. The SMILES string of the molecule is CC1(C)CCc2[nH]c(=O)c(C(=O)NCc3cc4ccccc4o3)cc2C1. The number of furan rings is 1. The van der Waals surface area contributed by atoms with E-state index in [0.717, 1.165) is 41.5 Å². The summed E-state index contributed by atoms with van der Waals surface area (Å²) in [5.41, 5.74) is 2.83. The number of para-hydroxylation sites is 1. The van der Waals surface area contributed by atoms with E-state index in [4.69, 9.17) is 4.42 Å². The first-order valence-corrected chi connectivity index (χ1v) is 8.92. The highest BCUT2D eigenvalue weighted by Gasteiger charge is 2.27. The van der Waals surface area contributed by atoms with Crippen molar-refractivity contribution >= 4 is 16.9 Å². The molecule has 0 saturated carbocycles. The van der Waals surface area contributed by atoms with Crippen LogP contribution in [0.1, 0.15) is 47.6 Å². The van der Waals surface area contributed by atoms with Gasteiger partial charge in [0.2, 0.25) is 0 Å². The second-order valence-corrected chi connectivity index (χ2v) is 7.79. The van der Waals surface area contributed by atoms with Crippen molar-refractivity contribution in [2.24, 2.45) is 5.41 Å². The second-order valence-electron chi connectivity index (χ2n) is 7.79. The molecule has 1 aliphatic rings. The van der Waals surface area contributed by atoms with Gasteiger partial charge in [-0.1, -0.05) is 32.0 Å². The molecule has 134 valence electrons. The van der Waals surface area contributed by atoms with Gasteiger partial charge in [0, 0.05) is 11.1 Å². The number of amides is 1. The number of carbonyl (C=O) groups is 1. The zero-order valence-corrected chi connectivity index (χ0v) is 15.0. The number of aromatic amines is 1. The predicted molar refractivity (Wildman–Crippen MR) is 100 cm³/mol. The maximum absolute atomic E-state index is 12.5. The van der Waals surface area contributed by atoms with Crippen molar-refractivity contribution < 1.29 is 9.21 Å². The maximum Gasteiger partial charge on any atom is 0.261 e. The molecule has 0 atom stereocenters. The Kier molecular flexibility index (Phi) is 3.94. The highest BCUT2D eigenvalue weighted by molar-refractivity contribution is 5.94. The third-order valence-electron chi connectivity index (χ3n) is 5.08. The Morgan fingerprint density at radius 3 is 2.88 bits per heavy atom. The monoisotopic (exact) mass is 350 g/mol. The summed E-state index contributed by atoms with van der Waals surface area (Å²) in [6.07, 6.45) is 2.74. The molecule has 2 N–H and O–H groups in total. The topological polar surface area (TPSA) is 75.1 Å². The van der Waals surface area contributed by atoms with Crippen LogP contribution in [0, 0.1) is 5.41 Å². The Morgan fingerprint density at radius 2 is 2.08 bits per heavy atom. The summed E-state index contributed by atoms with van der Waals surface area (Å²) in [5, 5.41) is 3.78. The summed E-state index contributed by atoms with van der Waals surface area (Å²) in [6.45, 7) is 4.67. The fourth-order valence-corrected chi connectivity index (χ4v) is 3.61. The molecule has 0 unspecified atom stereocenters. The highest BCUT2D eigenvalue weighted by atomic mass is 16.3. The number of carbonyl (C=O) groups excluding carboxylic acids is 1. The lowest BCUT2D eigenvalue weighted by Crippen LogP contribution is -2.32. The number of hydrogen-bond acceptors (Lipinski definition) is 3. The van der Waals surface area contributed by atoms with Crippen molar-refractivity contribution in [3.8, 4) is 0 Å². The van der Waals surface area contributed by atoms with Gasteiger partial charge in [-0.25, -0.2) is 0 Å². The Bertz CT molecular complexity index is 1010. The minimum atomic E-state index is -0.377. The van der Waals surface area contributed by atoms with Crippen molar-refractivity contribution in [1.29, 1.82) is 0 Å². The van der Waals surface area contributed by atoms with Gasteiger partial charge >= 0.3 is 0 Å². The van der Waals surface area contributed by atoms with Crippen LogP contribution in [-0.2, 0) is 19.4 Å². The molecule has 0 aliphatic heterocycles. The van der Waals surface area contributed by atoms with E-state index in [2.05, 4.69) is 24.1 Å². The Morgan fingerprint density at radius 1 is 1.27 bits per heavy atom. The molecule has 0 bridgehead atoms. The summed E-state index contributed by atoms with van der Waals surface area (Å²) in [5.74, 6) is 0.285. The van der Waals surface area contributed by atoms with Crippen LogP contribution in [0.15, 0.2) is 45.6 Å². The van der Waals surface area contributed by atoms with Crippen LogP contribution in [-0.4, -0.2) is 10.9 Å². The standard InChI is InChI=1S/C21H22N2O3/c1-21(2)8-7-17-14(11-21)10-16(20(25)23-17)19(24)22-12-15-9-13-5-3-4-6-18(13)26-15/h3-6,9-10H,7-8,11-12H2,1-2H3,(H,22,24)(H,23,25). The normalized spacial score (nSPS) is 15.6. The molecule has 2 aromatic heterocycles. The molecule has 26 heavy (non-hydrogen) atoms. The van der Waals surface area contributed by atoms with E-state index in [1.807, 2.05) is 30.3 Å². The number of rotatable bonds is 3. The summed E-state index contributed by atoms with van der Waals surface area (Å²) >= 11 is 0. The molecule has 1 amide bonds. The first-order chi connectivity index (χ1) is 12.4. The quantitative estimate of drug-likeness (QED) is 0.758. The van der Waals surface area contributed by atoms with Crippen LogP contribution < -0.4 is 10.9 Å². The minimum absolute atomic E-state index is 0.164. The van der Waals surface area contributed by atoms with Gasteiger partial charge in [0.05, 0.1) is 6.54 Å².